The third-order valence-corrected chi connectivity index (χ3v) is 2.86. The number of amidine groups is 1. The van der Waals surface area contributed by atoms with Crippen molar-refractivity contribution in [3.8, 4) is 5.75 Å². The van der Waals surface area contributed by atoms with Crippen LogP contribution in [0, 0.1) is 0 Å². The quantitative estimate of drug-likeness (QED) is 0.741. The first kappa shape index (κ1) is 9.40. The number of phenols is 1. The van der Waals surface area contributed by atoms with Crippen LogP contribution in [0.3, 0.4) is 0 Å². The Morgan fingerprint density at radius 2 is 2.36 bits per heavy atom. The Morgan fingerprint density at radius 3 is 3.07 bits per heavy atom. The van der Waals surface area contributed by atoms with Gasteiger partial charge in [-0.2, -0.15) is 11.8 Å². The summed E-state index contributed by atoms with van der Waals surface area (Å²) in [6.45, 7) is 0.881. The number of aliphatic imine (C=N–C) groups is 1. The number of rotatable bonds is 1. The van der Waals surface area contributed by atoms with Crippen molar-refractivity contribution < 1.29 is 5.11 Å². The lowest BCUT2D eigenvalue weighted by Crippen LogP contribution is -2.19. The minimum absolute atomic E-state index is 0.277. The molecule has 1 aliphatic rings. The second-order valence-corrected chi connectivity index (χ2v) is 4.16. The van der Waals surface area contributed by atoms with Gasteiger partial charge in [-0.25, -0.2) is 0 Å². The molecule has 0 atom stereocenters. The van der Waals surface area contributed by atoms with Gasteiger partial charge in [-0.05, 0) is 12.1 Å². The van der Waals surface area contributed by atoms with Gasteiger partial charge in [0.15, 0.2) is 0 Å². The number of phenolic OH excluding ortho intramolecular Hbond substituents is 1. The Morgan fingerprint density at radius 1 is 1.43 bits per heavy atom. The molecule has 74 valence electrons. The number of thioether (sulfide) groups is 1. The molecule has 0 radical (unpaired) electrons. The number of aromatic hydroxyl groups is 1. The van der Waals surface area contributed by atoms with E-state index in [1.807, 2.05) is 23.9 Å². The van der Waals surface area contributed by atoms with Gasteiger partial charge in [0, 0.05) is 17.5 Å². The number of benzene rings is 1. The van der Waals surface area contributed by atoms with Gasteiger partial charge in [0.05, 0.1) is 12.3 Å². The molecule has 0 saturated carbocycles. The van der Waals surface area contributed by atoms with E-state index in [4.69, 9.17) is 0 Å². The molecular formula is C10H12N2OS. The summed E-state index contributed by atoms with van der Waals surface area (Å²) in [4.78, 5) is 4.36. The van der Waals surface area contributed by atoms with E-state index < -0.39 is 0 Å². The van der Waals surface area contributed by atoms with E-state index in [9.17, 15) is 5.11 Å². The van der Waals surface area contributed by atoms with Crippen LogP contribution in [0.1, 0.15) is 0 Å². The van der Waals surface area contributed by atoms with Crippen molar-refractivity contribution in [2.45, 2.75) is 0 Å². The maximum atomic E-state index is 9.26. The highest BCUT2D eigenvalue weighted by Gasteiger charge is 2.05. The average Bonchev–Trinajstić information content (AvgIpc) is 2.19. The summed E-state index contributed by atoms with van der Waals surface area (Å²) in [6.07, 6.45) is 0. The topological polar surface area (TPSA) is 44.6 Å². The van der Waals surface area contributed by atoms with E-state index in [0.717, 1.165) is 29.6 Å². The molecule has 3 nitrogen and oxygen atoms in total. The predicted octanol–water partition coefficient (Wildman–Crippen LogP) is 1.95. The number of nitrogens with zero attached hydrogens (tertiary/aromatic N) is 1. The second-order valence-electron chi connectivity index (χ2n) is 3.06. The molecule has 4 heteroatoms. The zero-order valence-electron chi connectivity index (χ0n) is 7.73. The standard InChI is InChI=1S/C10H12N2OS/c13-9-3-1-2-8(6-9)12-10-7-14-5-4-11-10/h1-3,6,13H,4-5,7H2,(H,11,12). The largest absolute Gasteiger partial charge is 0.508 e. The van der Waals surface area contributed by atoms with Crippen molar-refractivity contribution in [1.29, 1.82) is 0 Å². The summed E-state index contributed by atoms with van der Waals surface area (Å²) in [6, 6.07) is 7.08. The van der Waals surface area contributed by atoms with Gasteiger partial charge in [0.1, 0.15) is 11.6 Å². The highest BCUT2D eigenvalue weighted by molar-refractivity contribution is 8.00. The highest BCUT2D eigenvalue weighted by Crippen LogP contribution is 2.16. The summed E-state index contributed by atoms with van der Waals surface area (Å²) in [5, 5.41) is 12.4. The molecule has 1 aliphatic heterocycles. The zero-order chi connectivity index (χ0) is 9.80. The molecule has 0 aromatic heterocycles. The first-order valence-electron chi connectivity index (χ1n) is 4.52. The molecule has 2 rings (SSSR count). The summed E-state index contributed by atoms with van der Waals surface area (Å²) in [7, 11) is 0. The molecule has 0 spiro atoms. The summed E-state index contributed by atoms with van der Waals surface area (Å²) < 4.78 is 0. The van der Waals surface area contributed by atoms with Gasteiger partial charge >= 0.3 is 0 Å². The molecule has 0 amide bonds. The maximum absolute atomic E-state index is 9.26. The Hall–Kier alpha value is -1.16. The zero-order valence-corrected chi connectivity index (χ0v) is 8.55. The molecular weight excluding hydrogens is 196 g/mol. The van der Waals surface area contributed by atoms with Gasteiger partial charge < -0.3 is 10.4 Å². The molecule has 14 heavy (non-hydrogen) atoms. The first-order valence-corrected chi connectivity index (χ1v) is 5.67. The Balaban J connectivity index is 2.06. The van der Waals surface area contributed by atoms with E-state index in [1.165, 1.54) is 0 Å². The van der Waals surface area contributed by atoms with Crippen LogP contribution in [0.25, 0.3) is 0 Å². The molecule has 0 aliphatic carbocycles. The van der Waals surface area contributed by atoms with Gasteiger partial charge in [-0.3, -0.25) is 4.99 Å². The van der Waals surface area contributed by atoms with Crippen LogP contribution in [0.5, 0.6) is 5.75 Å². The second kappa shape index (κ2) is 4.37. The van der Waals surface area contributed by atoms with E-state index in [0.29, 0.717) is 0 Å². The number of anilines is 1. The fourth-order valence-electron chi connectivity index (χ4n) is 1.29. The molecule has 1 aromatic carbocycles. The van der Waals surface area contributed by atoms with Crippen molar-refractivity contribution in [1.82, 2.24) is 0 Å². The molecule has 1 heterocycles. The molecule has 0 saturated heterocycles. The maximum Gasteiger partial charge on any atom is 0.117 e. The first-order chi connectivity index (χ1) is 6.84. The van der Waals surface area contributed by atoms with Crippen molar-refractivity contribution in [2.75, 3.05) is 23.4 Å². The summed E-state index contributed by atoms with van der Waals surface area (Å²) in [5.74, 6) is 3.30. The van der Waals surface area contributed by atoms with Gasteiger partial charge in [-0.1, -0.05) is 6.07 Å². The summed E-state index contributed by atoms with van der Waals surface area (Å²) >= 11 is 1.87. The van der Waals surface area contributed by atoms with Crippen molar-refractivity contribution in [3.05, 3.63) is 24.3 Å². The van der Waals surface area contributed by atoms with E-state index in [-0.39, 0.29) is 5.75 Å². The van der Waals surface area contributed by atoms with Crippen LogP contribution in [0.2, 0.25) is 0 Å². The molecule has 0 fully saturated rings. The lowest BCUT2D eigenvalue weighted by Gasteiger charge is -2.13. The third-order valence-electron chi connectivity index (χ3n) is 1.91. The van der Waals surface area contributed by atoms with Crippen molar-refractivity contribution >= 4 is 23.3 Å². The molecule has 2 N–H and O–H groups in total. The predicted molar refractivity (Wildman–Crippen MR) is 61.4 cm³/mol. The molecule has 1 aromatic rings. The monoisotopic (exact) mass is 208 g/mol. The fourth-order valence-corrected chi connectivity index (χ4v) is 2.01. The normalized spacial score (nSPS) is 16.1. The van der Waals surface area contributed by atoms with E-state index >= 15 is 0 Å². The lowest BCUT2D eigenvalue weighted by molar-refractivity contribution is 0.475. The van der Waals surface area contributed by atoms with Gasteiger partial charge in [0.2, 0.25) is 0 Å². The van der Waals surface area contributed by atoms with Crippen LogP contribution < -0.4 is 5.32 Å². The SMILES string of the molecule is Oc1cccc(NC2=NCCSC2)c1. The number of nitrogens with one attached hydrogen (secondary N) is 1. The molecule has 0 unspecified atom stereocenters. The van der Waals surface area contributed by atoms with E-state index in [1.54, 1.807) is 12.1 Å². The fraction of sp³-hybridized carbons (Fsp3) is 0.300. The van der Waals surface area contributed by atoms with Gasteiger partial charge in [0.25, 0.3) is 0 Å². The van der Waals surface area contributed by atoms with E-state index in [2.05, 4.69) is 10.3 Å². The minimum atomic E-state index is 0.277. The Labute approximate surface area is 87.2 Å². The van der Waals surface area contributed by atoms with Gasteiger partial charge in [-0.15, -0.1) is 0 Å². The van der Waals surface area contributed by atoms with Crippen LogP contribution in [0.15, 0.2) is 29.3 Å². The van der Waals surface area contributed by atoms with Crippen molar-refractivity contribution in [3.63, 3.8) is 0 Å². The Bertz CT molecular complexity index is 352. The number of hydrogen-bond donors (Lipinski definition) is 2. The van der Waals surface area contributed by atoms with Crippen molar-refractivity contribution in [2.24, 2.45) is 4.99 Å². The Kier molecular flexibility index (Phi) is 2.93. The minimum Gasteiger partial charge on any atom is -0.508 e. The van der Waals surface area contributed by atoms with Crippen LogP contribution in [-0.4, -0.2) is 29.0 Å². The molecule has 0 bridgehead atoms. The van der Waals surface area contributed by atoms with Crippen LogP contribution in [-0.2, 0) is 0 Å². The van der Waals surface area contributed by atoms with Crippen LogP contribution >= 0.6 is 11.8 Å². The summed E-state index contributed by atoms with van der Waals surface area (Å²) in [5.41, 5.74) is 0.895. The average molecular weight is 208 g/mol. The third kappa shape index (κ3) is 2.42. The smallest absolute Gasteiger partial charge is 0.117 e. The number of hydrogen-bond acceptors (Lipinski definition) is 4. The highest BCUT2D eigenvalue weighted by atomic mass is 32.2. The lowest BCUT2D eigenvalue weighted by atomic mass is 10.3. The van der Waals surface area contributed by atoms with Crippen LogP contribution in [0.4, 0.5) is 5.69 Å².